The summed E-state index contributed by atoms with van der Waals surface area (Å²) in [5.41, 5.74) is 6.81. The molecule has 3 N–H and O–H groups in total. The number of thioether (sulfide) groups is 1. The van der Waals surface area contributed by atoms with Crippen LogP contribution in [0.15, 0.2) is 47.5 Å². The molecule has 21 heavy (non-hydrogen) atoms. The van der Waals surface area contributed by atoms with Gasteiger partial charge in [0.2, 0.25) is 0 Å². The zero-order chi connectivity index (χ0) is 14.7. The number of hydrazine groups is 1. The largest absolute Gasteiger partial charge is 0.271 e. The van der Waals surface area contributed by atoms with E-state index in [9.17, 15) is 0 Å². The van der Waals surface area contributed by atoms with E-state index < -0.39 is 0 Å². The van der Waals surface area contributed by atoms with Gasteiger partial charge in [-0.2, -0.15) is 0 Å². The molecule has 1 aromatic carbocycles. The molecule has 4 heteroatoms. The van der Waals surface area contributed by atoms with Crippen LogP contribution in [0.2, 0.25) is 0 Å². The van der Waals surface area contributed by atoms with E-state index in [2.05, 4.69) is 53.7 Å². The van der Waals surface area contributed by atoms with E-state index in [0.717, 1.165) is 25.0 Å². The van der Waals surface area contributed by atoms with Crippen LogP contribution in [-0.2, 0) is 19.3 Å². The van der Waals surface area contributed by atoms with E-state index in [1.807, 2.05) is 18.0 Å². The molecular formula is C17H21N3S. The van der Waals surface area contributed by atoms with Crippen molar-refractivity contribution in [1.29, 1.82) is 0 Å². The Hall–Kier alpha value is -1.36. The van der Waals surface area contributed by atoms with Crippen LogP contribution in [0, 0.1) is 0 Å². The van der Waals surface area contributed by atoms with E-state index in [0.29, 0.717) is 5.25 Å². The monoisotopic (exact) mass is 299 g/mol. The number of hydrogen-bond acceptors (Lipinski definition) is 4. The molecule has 2 unspecified atom stereocenters. The van der Waals surface area contributed by atoms with Gasteiger partial charge < -0.3 is 0 Å². The summed E-state index contributed by atoms with van der Waals surface area (Å²) in [5, 5.41) is 0.472. The molecule has 2 aromatic rings. The van der Waals surface area contributed by atoms with E-state index in [-0.39, 0.29) is 6.04 Å². The molecule has 0 radical (unpaired) electrons. The SMILES string of the molecule is CCc1ccc(CC(NN)C2Cc3ccccc3S2)nc1. The molecule has 3 rings (SSSR count). The van der Waals surface area contributed by atoms with E-state index in [4.69, 9.17) is 5.84 Å². The summed E-state index contributed by atoms with van der Waals surface area (Å²) in [4.78, 5) is 5.94. The summed E-state index contributed by atoms with van der Waals surface area (Å²) < 4.78 is 0. The van der Waals surface area contributed by atoms with Crippen molar-refractivity contribution in [2.45, 2.75) is 42.4 Å². The molecular weight excluding hydrogens is 278 g/mol. The lowest BCUT2D eigenvalue weighted by molar-refractivity contribution is 0.502. The Balaban J connectivity index is 1.68. The Morgan fingerprint density at radius 2 is 2.19 bits per heavy atom. The number of nitrogens with two attached hydrogens (primary N) is 1. The molecule has 0 saturated carbocycles. The lowest BCUT2D eigenvalue weighted by atomic mass is 10.0. The van der Waals surface area contributed by atoms with Crippen molar-refractivity contribution in [2.75, 3.05) is 0 Å². The first-order valence-electron chi connectivity index (χ1n) is 7.44. The van der Waals surface area contributed by atoms with Gasteiger partial charge in [0, 0.05) is 34.5 Å². The first-order valence-corrected chi connectivity index (χ1v) is 8.32. The third-order valence-electron chi connectivity index (χ3n) is 4.06. The Bertz CT molecular complexity index is 572. The van der Waals surface area contributed by atoms with E-state index in [1.54, 1.807) is 0 Å². The number of aryl methyl sites for hydroxylation is 1. The van der Waals surface area contributed by atoms with Gasteiger partial charge in [0.1, 0.15) is 0 Å². The minimum absolute atomic E-state index is 0.238. The Morgan fingerprint density at radius 1 is 1.33 bits per heavy atom. The van der Waals surface area contributed by atoms with Crippen LogP contribution in [-0.4, -0.2) is 16.3 Å². The summed E-state index contributed by atoms with van der Waals surface area (Å²) in [6.07, 6.45) is 4.94. The van der Waals surface area contributed by atoms with Crippen LogP contribution < -0.4 is 11.3 Å². The lowest BCUT2D eigenvalue weighted by Gasteiger charge is -2.21. The van der Waals surface area contributed by atoms with E-state index in [1.165, 1.54) is 16.0 Å². The standard InChI is InChI=1S/C17H21N3S/c1-2-12-7-8-14(19-11-12)10-15(20-18)17-9-13-5-3-4-6-16(13)21-17/h3-8,11,15,17,20H,2,9-10,18H2,1H3. The van der Waals surface area contributed by atoms with Crippen LogP contribution >= 0.6 is 11.8 Å². The fourth-order valence-corrected chi connectivity index (χ4v) is 4.13. The second-order valence-electron chi connectivity index (χ2n) is 5.46. The van der Waals surface area contributed by atoms with Gasteiger partial charge in [-0.05, 0) is 36.1 Å². The molecule has 0 spiro atoms. The molecule has 1 aliphatic heterocycles. The number of hydrogen-bond donors (Lipinski definition) is 2. The lowest BCUT2D eigenvalue weighted by Crippen LogP contribution is -2.44. The van der Waals surface area contributed by atoms with Crippen molar-refractivity contribution < 1.29 is 0 Å². The van der Waals surface area contributed by atoms with Gasteiger partial charge in [-0.3, -0.25) is 16.3 Å². The first-order chi connectivity index (χ1) is 10.3. The third-order valence-corrected chi connectivity index (χ3v) is 5.51. The van der Waals surface area contributed by atoms with Gasteiger partial charge in [-0.1, -0.05) is 31.2 Å². The molecule has 1 aliphatic rings. The van der Waals surface area contributed by atoms with Crippen LogP contribution in [0.4, 0.5) is 0 Å². The third kappa shape index (κ3) is 3.28. The predicted octanol–water partition coefficient (Wildman–Crippen LogP) is 2.74. The highest BCUT2D eigenvalue weighted by molar-refractivity contribution is 8.00. The second-order valence-corrected chi connectivity index (χ2v) is 6.74. The summed E-state index contributed by atoms with van der Waals surface area (Å²) in [7, 11) is 0. The molecule has 0 saturated heterocycles. The topological polar surface area (TPSA) is 50.9 Å². The summed E-state index contributed by atoms with van der Waals surface area (Å²) >= 11 is 1.93. The zero-order valence-electron chi connectivity index (χ0n) is 12.3. The second kappa shape index (κ2) is 6.60. The minimum atomic E-state index is 0.238. The molecule has 0 amide bonds. The highest BCUT2D eigenvalue weighted by Gasteiger charge is 2.29. The molecule has 2 heterocycles. The minimum Gasteiger partial charge on any atom is -0.271 e. The zero-order valence-corrected chi connectivity index (χ0v) is 13.1. The maximum absolute atomic E-state index is 5.80. The molecule has 110 valence electrons. The number of nitrogens with one attached hydrogen (secondary N) is 1. The molecule has 0 bridgehead atoms. The van der Waals surface area contributed by atoms with Gasteiger partial charge >= 0.3 is 0 Å². The number of pyridine rings is 1. The van der Waals surface area contributed by atoms with Crippen LogP contribution in [0.25, 0.3) is 0 Å². The molecule has 2 atom stereocenters. The summed E-state index contributed by atoms with van der Waals surface area (Å²) in [5.74, 6) is 5.80. The van der Waals surface area contributed by atoms with Crippen molar-refractivity contribution >= 4 is 11.8 Å². The number of rotatable bonds is 5. The Kier molecular flexibility index (Phi) is 4.58. The normalized spacial score (nSPS) is 18.5. The van der Waals surface area contributed by atoms with Crippen molar-refractivity contribution in [3.8, 4) is 0 Å². The van der Waals surface area contributed by atoms with Crippen molar-refractivity contribution in [2.24, 2.45) is 5.84 Å². The van der Waals surface area contributed by atoms with Gasteiger partial charge in [0.25, 0.3) is 0 Å². The van der Waals surface area contributed by atoms with E-state index >= 15 is 0 Å². The number of aromatic nitrogens is 1. The molecule has 0 fully saturated rings. The fourth-order valence-electron chi connectivity index (χ4n) is 2.74. The maximum atomic E-state index is 5.80. The smallest absolute Gasteiger partial charge is 0.0420 e. The predicted molar refractivity (Wildman–Crippen MR) is 88.2 cm³/mol. The Morgan fingerprint density at radius 3 is 2.86 bits per heavy atom. The number of benzene rings is 1. The van der Waals surface area contributed by atoms with Crippen LogP contribution in [0.5, 0.6) is 0 Å². The Labute approximate surface area is 130 Å². The van der Waals surface area contributed by atoms with Crippen molar-refractivity contribution in [3.05, 3.63) is 59.4 Å². The summed E-state index contributed by atoms with van der Waals surface area (Å²) in [6, 6.07) is 13.1. The van der Waals surface area contributed by atoms with Crippen molar-refractivity contribution in [3.63, 3.8) is 0 Å². The van der Waals surface area contributed by atoms with Crippen LogP contribution in [0.1, 0.15) is 23.7 Å². The molecule has 0 aliphatic carbocycles. The molecule has 3 nitrogen and oxygen atoms in total. The average Bonchev–Trinajstić information content (AvgIpc) is 2.97. The number of fused-ring (bicyclic) bond motifs is 1. The quantitative estimate of drug-likeness (QED) is 0.658. The first kappa shape index (κ1) is 14.6. The summed E-state index contributed by atoms with van der Waals surface area (Å²) in [6.45, 7) is 2.15. The van der Waals surface area contributed by atoms with Gasteiger partial charge in [-0.15, -0.1) is 11.8 Å². The maximum Gasteiger partial charge on any atom is 0.0420 e. The van der Waals surface area contributed by atoms with Gasteiger partial charge in [0.15, 0.2) is 0 Å². The van der Waals surface area contributed by atoms with Gasteiger partial charge in [-0.25, -0.2) is 0 Å². The van der Waals surface area contributed by atoms with Gasteiger partial charge in [0.05, 0.1) is 0 Å². The highest BCUT2D eigenvalue weighted by Crippen LogP contribution is 2.38. The number of nitrogens with zero attached hydrogens (tertiary/aromatic N) is 1. The van der Waals surface area contributed by atoms with Crippen molar-refractivity contribution in [1.82, 2.24) is 10.4 Å². The average molecular weight is 299 g/mol. The van der Waals surface area contributed by atoms with Crippen LogP contribution in [0.3, 0.4) is 0 Å². The fraction of sp³-hybridized carbons (Fsp3) is 0.353. The highest BCUT2D eigenvalue weighted by atomic mass is 32.2. The molecule has 1 aromatic heterocycles.